The van der Waals surface area contributed by atoms with Crippen molar-refractivity contribution in [1.82, 2.24) is 9.97 Å². The standard InChI is InChI=1S/C20H24N4O/c1-2-3-4-7-14-25-17-12-10-16(11-13-17)15-21-24-20-22-18-8-5-6-9-19(18)23-20/h5-6,8-13,15H,2-4,7,14H2,1H3,(H2,22,23,24)/b21-15-. The van der Waals surface area contributed by atoms with Crippen molar-refractivity contribution in [1.29, 1.82) is 0 Å². The summed E-state index contributed by atoms with van der Waals surface area (Å²) in [6, 6.07) is 15.8. The number of nitrogens with zero attached hydrogens (tertiary/aromatic N) is 2. The third-order valence-corrected chi connectivity index (χ3v) is 3.92. The molecule has 2 aromatic carbocycles. The van der Waals surface area contributed by atoms with E-state index < -0.39 is 0 Å². The summed E-state index contributed by atoms with van der Waals surface area (Å²) in [6.45, 7) is 2.99. The van der Waals surface area contributed by atoms with Crippen LogP contribution < -0.4 is 10.2 Å². The highest BCUT2D eigenvalue weighted by Crippen LogP contribution is 2.14. The molecule has 0 saturated heterocycles. The van der Waals surface area contributed by atoms with Crippen molar-refractivity contribution in [3.63, 3.8) is 0 Å². The molecule has 0 aliphatic carbocycles. The van der Waals surface area contributed by atoms with Gasteiger partial charge in [-0.15, -0.1) is 0 Å². The van der Waals surface area contributed by atoms with E-state index in [0.717, 1.165) is 35.4 Å². The zero-order chi connectivity index (χ0) is 17.3. The number of unbranched alkanes of at least 4 members (excludes halogenated alkanes) is 3. The molecule has 1 heterocycles. The van der Waals surface area contributed by atoms with Crippen LogP contribution in [-0.2, 0) is 0 Å². The fourth-order valence-corrected chi connectivity index (χ4v) is 2.54. The average molecular weight is 336 g/mol. The molecule has 0 spiro atoms. The van der Waals surface area contributed by atoms with Crippen LogP contribution in [0, 0.1) is 0 Å². The van der Waals surface area contributed by atoms with Gasteiger partial charge in [0.15, 0.2) is 0 Å². The molecular formula is C20H24N4O. The Morgan fingerprint density at radius 2 is 1.92 bits per heavy atom. The van der Waals surface area contributed by atoms with Crippen LogP contribution in [0.3, 0.4) is 0 Å². The number of para-hydroxylation sites is 2. The van der Waals surface area contributed by atoms with E-state index in [-0.39, 0.29) is 0 Å². The van der Waals surface area contributed by atoms with Gasteiger partial charge in [-0.2, -0.15) is 5.10 Å². The van der Waals surface area contributed by atoms with Gasteiger partial charge in [-0.3, -0.25) is 0 Å². The van der Waals surface area contributed by atoms with Crippen LogP contribution in [0.1, 0.15) is 38.2 Å². The monoisotopic (exact) mass is 336 g/mol. The summed E-state index contributed by atoms with van der Waals surface area (Å²) >= 11 is 0. The van der Waals surface area contributed by atoms with Crippen LogP contribution in [0.25, 0.3) is 11.0 Å². The SMILES string of the molecule is CCCCCCOc1ccc(/C=N\Nc2nc3ccccc3[nH]2)cc1. The summed E-state index contributed by atoms with van der Waals surface area (Å²) in [7, 11) is 0. The third kappa shape index (κ3) is 5.08. The van der Waals surface area contributed by atoms with Gasteiger partial charge in [0, 0.05) is 0 Å². The first-order valence-corrected chi connectivity index (χ1v) is 8.82. The quantitative estimate of drug-likeness (QED) is 0.329. The molecule has 0 fully saturated rings. The Morgan fingerprint density at radius 1 is 1.08 bits per heavy atom. The van der Waals surface area contributed by atoms with E-state index in [9.17, 15) is 0 Å². The number of fused-ring (bicyclic) bond motifs is 1. The number of hydrazone groups is 1. The molecule has 3 rings (SSSR count). The van der Waals surface area contributed by atoms with Gasteiger partial charge < -0.3 is 9.72 Å². The molecule has 1 aromatic heterocycles. The second-order valence-electron chi connectivity index (χ2n) is 5.95. The number of rotatable bonds is 9. The molecule has 0 aliphatic rings. The number of benzene rings is 2. The van der Waals surface area contributed by atoms with Crippen molar-refractivity contribution in [2.45, 2.75) is 32.6 Å². The van der Waals surface area contributed by atoms with Crippen LogP contribution >= 0.6 is 0 Å². The molecule has 130 valence electrons. The fraction of sp³-hybridized carbons (Fsp3) is 0.300. The molecular weight excluding hydrogens is 312 g/mol. The number of hydrogen-bond acceptors (Lipinski definition) is 4. The molecule has 25 heavy (non-hydrogen) atoms. The van der Waals surface area contributed by atoms with Crippen molar-refractivity contribution < 1.29 is 4.74 Å². The lowest BCUT2D eigenvalue weighted by Gasteiger charge is -2.05. The van der Waals surface area contributed by atoms with Gasteiger partial charge >= 0.3 is 0 Å². The second-order valence-corrected chi connectivity index (χ2v) is 5.95. The Bertz CT molecular complexity index is 775. The van der Waals surface area contributed by atoms with E-state index in [1.807, 2.05) is 48.5 Å². The van der Waals surface area contributed by atoms with Crippen LogP contribution in [0.15, 0.2) is 53.6 Å². The smallest absolute Gasteiger partial charge is 0.222 e. The van der Waals surface area contributed by atoms with E-state index in [0.29, 0.717) is 5.95 Å². The Kier molecular flexibility index (Phi) is 6.04. The summed E-state index contributed by atoms with van der Waals surface area (Å²) in [6.07, 6.45) is 6.62. The maximum absolute atomic E-state index is 5.74. The van der Waals surface area contributed by atoms with Crippen molar-refractivity contribution in [3.8, 4) is 5.75 Å². The zero-order valence-corrected chi connectivity index (χ0v) is 14.5. The van der Waals surface area contributed by atoms with Crippen LogP contribution in [0.4, 0.5) is 5.95 Å². The summed E-state index contributed by atoms with van der Waals surface area (Å²) in [5.41, 5.74) is 5.83. The minimum atomic E-state index is 0.629. The third-order valence-electron chi connectivity index (χ3n) is 3.92. The lowest BCUT2D eigenvalue weighted by atomic mass is 10.2. The van der Waals surface area contributed by atoms with E-state index in [4.69, 9.17) is 4.74 Å². The number of aromatic amines is 1. The van der Waals surface area contributed by atoms with Crippen LogP contribution in [-0.4, -0.2) is 22.8 Å². The molecule has 5 nitrogen and oxygen atoms in total. The van der Waals surface area contributed by atoms with E-state index in [1.54, 1.807) is 6.21 Å². The first-order valence-electron chi connectivity index (χ1n) is 8.82. The molecule has 0 atom stereocenters. The van der Waals surface area contributed by atoms with Gasteiger partial charge in [0.2, 0.25) is 5.95 Å². The van der Waals surface area contributed by atoms with E-state index in [2.05, 4.69) is 27.4 Å². The van der Waals surface area contributed by atoms with Crippen molar-refractivity contribution in [2.75, 3.05) is 12.0 Å². The highest BCUT2D eigenvalue weighted by atomic mass is 16.5. The molecule has 0 bridgehead atoms. The molecule has 0 aliphatic heterocycles. The summed E-state index contributed by atoms with van der Waals surface area (Å²) < 4.78 is 5.74. The zero-order valence-electron chi connectivity index (χ0n) is 14.5. The van der Waals surface area contributed by atoms with Crippen LogP contribution in [0.2, 0.25) is 0 Å². The number of H-pyrrole nitrogens is 1. The summed E-state index contributed by atoms with van der Waals surface area (Å²) in [5.74, 6) is 1.53. The average Bonchev–Trinajstić information content (AvgIpc) is 3.05. The van der Waals surface area contributed by atoms with E-state index >= 15 is 0 Å². The predicted octanol–water partition coefficient (Wildman–Crippen LogP) is 4.97. The topological polar surface area (TPSA) is 62.3 Å². The molecule has 2 N–H and O–H groups in total. The lowest BCUT2D eigenvalue weighted by molar-refractivity contribution is 0.305. The van der Waals surface area contributed by atoms with Gasteiger partial charge in [-0.05, 0) is 48.4 Å². The van der Waals surface area contributed by atoms with Gasteiger partial charge in [-0.1, -0.05) is 38.3 Å². The van der Waals surface area contributed by atoms with Gasteiger partial charge in [0.25, 0.3) is 0 Å². The molecule has 0 radical (unpaired) electrons. The minimum Gasteiger partial charge on any atom is -0.494 e. The number of hydrogen-bond donors (Lipinski definition) is 2. The van der Waals surface area contributed by atoms with Gasteiger partial charge in [0.05, 0.1) is 23.9 Å². The molecule has 0 amide bonds. The number of ether oxygens (including phenoxy) is 1. The maximum Gasteiger partial charge on any atom is 0.222 e. The first-order chi connectivity index (χ1) is 12.3. The molecule has 3 aromatic rings. The highest BCUT2D eigenvalue weighted by molar-refractivity contribution is 5.81. The Balaban J connectivity index is 1.48. The van der Waals surface area contributed by atoms with Crippen molar-refractivity contribution >= 4 is 23.2 Å². The van der Waals surface area contributed by atoms with Crippen molar-refractivity contribution in [3.05, 3.63) is 54.1 Å². The largest absolute Gasteiger partial charge is 0.494 e. The number of aromatic nitrogens is 2. The van der Waals surface area contributed by atoms with Gasteiger partial charge in [0.1, 0.15) is 5.75 Å². The van der Waals surface area contributed by atoms with E-state index in [1.165, 1.54) is 19.3 Å². The Hall–Kier alpha value is -2.82. The first kappa shape index (κ1) is 17.0. The maximum atomic E-state index is 5.74. The number of anilines is 1. The van der Waals surface area contributed by atoms with Crippen molar-refractivity contribution in [2.24, 2.45) is 5.10 Å². The van der Waals surface area contributed by atoms with Crippen LogP contribution in [0.5, 0.6) is 5.75 Å². The normalized spacial score (nSPS) is 11.2. The lowest BCUT2D eigenvalue weighted by Crippen LogP contribution is -1.97. The number of nitrogens with one attached hydrogen (secondary N) is 2. The Morgan fingerprint density at radius 3 is 2.72 bits per heavy atom. The fourth-order valence-electron chi connectivity index (χ4n) is 2.54. The summed E-state index contributed by atoms with van der Waals surface area (Å²) in [4.78, 5) is 7.59. The van der Waals surface area contributed by atoms with Gasteiger partial charge in [-0.25, -0.2) is 10.4 Å². The molecule has 5 heteroatoms. The predicted molar refractivity (Wildman–Crippen MR) is 103 cm³/mol. The number of imidazole rings is 1. The Labute approximate surface area is 148 Å². The second kappa shape index (κ2) is 8.87. The highest BCUT2D eigenvalue weighted by Gasteiger charge is 1.99. The minimum absolute atomic E-state index is 0.629. The molecule has 0 unspecified atom stereocenters. The molecule has 0 saturated carbocycles. The summed E-state index contributed by atoms with van der Waals surface area (Å²) in [5, 5.41) is 4.22.